The molecule has 0 aliphatic heterocycles. The fraction of sp³-hybridized carbons (Fsp3) is 0.538. The molecule has 0 amide bonds. The van der Waals surface area contributed by atoms with Gasteiger partial charge in [0, 0.05) is 26.1 Å². The van der Waals surface area contributed by atoms with E-state index in [0.717, 1.165) is 18.6 Å². The highest BCUT2D eigenvalue weighted by molar-refractivity contribution is 5.90. The van der Waals surface area contributed by atoms with Gasteiger partial charge in [-0.3, -0.25) is 0 Å². The van der Waals surface area contributed by atoms with E-state index in [0.29, 0.717) is 60.7 Å². The van der Waals surface area contributed by atoms with Crippen LogP contribution in [-0.4, -0.2) is 50.4 Å². The van der Waals surface area contributed by atoms with Gasteiger partial charge in [0.25, 0.3) is 0 Å². The van der Waals surface area contributed by atoms with Gasteiger partial charge in [-0.25, -0.2) is 19.7 Å². The fourth-order valence-corrected chi connectivity index (χ4v) is 4.30. The van der Waals surface area contributed by atoms with Gasteiger partial charge in [0.1, 0.15) is 11.3 Å². The van der Waals surface area contributed by atoms with Gasteiger partial charge < -0.3 is 19.7 Å². The molecule has 8 nitrogen and oxygen atoms in total. The molecule has 0 radical (unpaired) electrons. The number of aromatic nitrogens is 4. The standard InChI is InChI=1S/C26H32F3N5O3/c1-16(2)15-37-13-11-20-31-23-21(34(20)14-18-6-8-19(9-7-18)26(27,28)29)22(32-24(33-23)25(35)36)30-12-10-17-4-3-5-17/h6-9,16-17H,3-5,10-15H2,1-2H3,(H,35,36)(H,30,32,33). The van der Waals surface area contributed by atoms with Gasteiger partial charge in [-0.2, -0.15) is 13.2 Å². The third-order valence-corrected chi connectivity index (χ3v) is 6.49. The Labute approximate surface area is 213 Å². The second-order valence-electron chi connectivity index (χ2n) is 9.91. The first-order valence-corrected chi connectivity index (χ1v) is 12.6. The molecule has 0 saturated heterocycles. The lowest BCUT2D eigenvalue weighted by Crippen LogP contribution is -2.17. The molecule has 0 bridgehead atoms. The number of hydrogen-bond acceptors (Lipinski definition) is 6. The molecule has 11 heteroatoms. The number of fused-ring (bicyclic) bond motifs is 1. The maximum absolute atomic E-state index is 13.1. The van der Waals surface area contributed by atoms with E-state index in [1.165, 1.54) is 31.4 Å². The lowest BCUT2D eigenvalue weighted by Gasteiger charge is -2.25. The quantitative estimate of drug-likeness (QED) is 0.309. The number of alkyl halides is 3. The number of aromatic carboxylic acids is 1. The minimum absolute atomic E-state index is 0.223. The predicted octanol–water partition coefficient (Wildman–Crippen LogP) is 5.41. The van der Waals surface area contributed by atoms with E-state index in [1.54, 1.807) is 0 Å². The van der Waals surface area contributed by atoms with Crippen molar-refractivity contribution in [2.75, 3.05) is 25.1 Å². The van der Waals surface area contributed by atoms with Crippen molar-refractivity contribution in [3.8, 4) is 0 Å². The van der Waals surface area contributed by atoms with Crippen LogP contribution in [0.4, 0.5) is 19.0 Å². The zero-order valence-electron chi connectivity index (χ0n) is 21.0. The number of anilines is 1. The number of carbonyl (C=O) groups is 1. The molecule has 1 aliphatic carbocycles. The van der Waals surface area contributed by atoms with E-state index in [-0.39, 0.29) is 18.0 Å². The van der Waals surface area contributed by atoms with Crippen LogP contribution in [-0.2, 0) is 23.9 Å². The molecule has 2 aromatic heterocycles. The Hall–Kier alpha value is -3.21. The summed E-state index contributed by atoms with van der Waals surface area (Å²) >= 11 is 0. The number of rotatable bonds is 12. The van der Waals surface area contributed by atoms with Crippen LogP contribution < -0.4 is 5.32 Å². The van der Waals surface area contributed by atoms with E-state index in [9.17, 15) is 23.1 Å². The zero-order chi connectivity index (χ0) is 26.6. The first-order valence-electron chi connectivity index (χ1n) is 12.6. The number of carboxylic acid groups (broad SMARTS) is 1. The summed E-state index contributed by atoms with van der Waals surface area (Å²) in [6.07, 6.45) is 0.553. The molecule has 0 unspecified atom stereocenters. The van der Waals surface area contributed by atoms with E-state index >= 15 is 0 Å². The fourth-order valence-electron chi connectivity index (χ4n) is 4.30. The number of nitrogens with zero attached hydrogens (tertiary/aromatic N) is 4. The molecule has 0 atom stereocenters. The molecule has 0 spiro atoms. The number of hydrogen-bond donors (Lipinski definition) is 2. The minimum atomic E-state index is -4.42. The Balaban J connectivity index is 1.69. The van der Waals surface area contributed by atoms with Gasteiger partial charge in [-0.05, 0) is 36.0 Å². The molecule has 2 heterocycles. The van der Waals surface area contributed by atoms with Crippen molar-refractivity contribution in [1.82, 2.24) is 19.5 Å². The summed E-state index contributed by atoms with van der Waals surface area (Å²) in [6, 6.07) is 4.97. The zero-order valence-corrected chi connectivity index (χ0v) is 21.0. The number of halogens is 3. The van der Waals surface area contributed by atoms with Crippen LogP contribution in [0.1, 0.15) is 67.1 Å². The first kappa shape index (κ1) is 26.8. The van der Waals surface area contributed by atoms with Crippen molar-refractivity contribution >= 4 is 23.0 Å². The largest absolute Gasteiger partial charge is 0.475 e. The summed E-state index contributed by atoms with van der Waals surface area (Å²) in [5.74, 6) is 0.340. The van der Waals surface area contributed by atoms with E-state index in [2.05, 4.69) is 20.3 Å². The monoisotopic (exact) mass is 519 g/mol. The smallest absolute Gasteiger partial charge is 0.416 e. The molecule has 1 aliphatic rings. The molecule has 2 N–H and O–H groups in total. The van der Waals surface area contributed by atoms with Gasteiger partial charge in [-0.15, -0.1) is 0 Å². The highest BCUT2D eigenvalue weighted by atomic mass is 19.4. The number of imidazole rings is 1. The molecule has 3 aromatic rings. The minimum Gasteiger partial charge on any atom is -0.475 e. The second-order valence-corrected chi connectivity index (χ2v) is 9.91. The summed E-state index contributed by atoms with van der Waals surface area (Å²) in [7, 11) is 0. The lowest BCUT2D eigenvalue weighted by atomic mass is 9.83. The number of benzene rings is 1. The second kappa shape index (κ2) is 11.5. The van der Waals surface area contributed by atoms with Crippen molar-refractivity contribution in [3.05, 3.63) is 47.0 Å². The van der Waals surface area contributed by atoms with Crippen LogP contribution in [0.2, 0.25) is 0 Å². The van der Waals surface area contributed by atoms with Gasteiger partial charge in [0.2, 0.25) is 5.82 Å². The van der Waals surface area contributed by atoms with Crippen molar-refractivity contribution in [2.45, 2.75) is 58.7 Å². The summed E-state index contributed by atoms with van der Waals surface area (Å²) < 4.78 is 46.7. The van der Waals surface area contributed by atoms with Crippen molar-refractivity contribution in [2.24, 2.45) is 11.8 Å². The highest BCUT2D eigenvalue weighted by Crippen LogP contribution is 2.31. The van der Waals surface area contributed by atoms with Gasteiger partial charge in [0.05, 0.1) is 12.2 Å². The maximum Gasteiger partial charge on any atom is 0.416 e. The van der Waals surface area contributed by atoms with Gasteiger partial charge >= 0.3 is 12.1 Å². The van der Waals surface area contributed by atoms with Crippen LogP contribution in [0, 0.1) is 11.8 Å². The van der Waals surface area contributed by atoms with Crippen molar-refractivity contribution < 1.29 is 27.8 Å². The first-order chi connectivity index (χ1) is 17.6. The average molecular weight is 520 g/mol. The Morgan fingerprint density at radius 2 is 1.92 bits per heavy atom. The number of carboxylic acids is 1. The normalized spacial score (nSPS) is 14.3. The summed E-state index contributed by atoms with van der Waals surface area (Å²) in [5, 5.41) is 12.8. The number of nitrogens with one attached hydrogen (secondary N) is 1. The Bertz CT molecular complexity index is 1220. The lowest BCUT2D eigenvalue weighted by molar-refractivity contribution is -0.137. The van der Waals surface area contributed by atoms with Crippen LogP contribution in [0.3, 0.4) is 0 Å². The van der Waals surface area contributed by atoms with Crippen molar-refractivity contribution in [1.29, 1.82) is 0 Å². The van der Waals surface area contributed by atoms with Crippen LogP contribution in [0.25, 0.3) is 11.2 Å². The summed E-state index contributed by atoms with van der Waals surface area (Å²) in [5.41, 5.74) is 0.669. The average Bonchev–Trinajstić information content (AvgIpc) is 3.15. The molecular formula is C26H32F3N5O3. The topological polar surface area (TPSA) is 102 Å². The Morgan fingerprint density at radius 1 is 1.19 bits per heavy atom. The van der Waals surface area contributed by atoms with Crippen LogP contribution in [0.5, 0.6) is 0 Å². The predicted molar refractivity (Wildman–Crippen MR) is 133 cm³/mol. The number of ether oxygens (including phenoxy) is 1. The van der Waals surface area contributed by atoms with E-state index < -0.39 is 17.7 Å². The van der Waals surface area contributed by atoms with Crippen LogP contribution >= 0.6 is 0 Å². The molecule has 4 rings (SSSR count). The molecule has 1 aromatic carbocycles. The Kier molecular flexibility index (Phi) is 8.31. The third-order valence-electron chi connectivity index (χ3n) is 6.49. The van der Waals surface area contributed by atoms with Crippen molar-refractivity contribution in [3.63, 3.8) is 0 Å². The Morgan fingerprint density at radius 3 is 2.51 bits per heavy atom. The van der Waals surface area contributed by atoms with Gasteiger partial charge in [0.15, 0.2) is 11.5 Å². The summed E-state index contributed by atoms with van der Waals surface area (Å²) in [4.78, 5) is 24.7. The third kappa shape index (κ3) is 6.76. The SMILES string of the molecule is CC(C)COCCc1nc2nc(C(=O)O)nc(NCCC3CCC3)c2n1Cc1ccc(C(F)(F)F)cc1. The molecule has 200 valence electrons. The van der Waals surface area contributed by atoms with E-state index in [4.69, 9.17) is 4.74 Å². The maximum atomic E-state index is 13.1. The molecular weight excluding hydrogens is 487 g/mol. The molecule has 1 saturated carbocycles. The summed E-state index contributed by atoms with van der Waals surface area (Å²) in [6.45, 7) is 5.90. The highest BCUT2D eigenvalue weighted by Gasteiger charge is 2.30. The molecule has 37 heavy (non-hydrogen) atoms. The van der Waals surface area contributed by atoms with Crippen LogP contribution in [0.15, 0.2) is 24.3 Å². The van der Waals surface area contributed by atoms with Gasteiger partial charge in [-0.1, -0.05) is 45.2 Å². The molecule has 1 fully saturated rings. The van der Waals surface area contributed by atoms with E-state index in [1.807, 2.05) is 18.4 Å².